The monoisotopic (exact) mass is 506 g/mol. The largest absolute Gasteiger partial charge is 0.619 e. The Kier molecular flexibility index (Phi) is 6.74. The third-order valence-electron chi connectivity index (χ3n) is 6.11. The number of aromatic nitrogens is 1. The molecule has 2 amide bonds. The Balaban J connectivity index is 1.56. The Morgan fingerprint density at radius 2 is 2.09 bits per heavy atom. The van der Waals surface area contributed by atoms with Crippen molar-refractivity contribution in [3.63, 3.8) is 0 Å². The van der Waals surface area contributed by atoms with Gasteiger partial charge in [0.05, 0.1) is 18.2 Å². The maximum atomic E-state index is 13.5. The molecule has 1 N–H and O–H groups in total. The molecule has 0 aliphatic carbocycles. The van der Waals surface area contributed by atoms with E-state index >= 15 is 0 Å². The first-order valence-electron chi connectivity index (χ1n) is 11.0. The minimum Gasteiger partial charge on any atom is -0.619 e. The van der Waals surface area contributed by atoms with E-state index in [-0.39, 0.29) is 35.6 Å². The summed E-state index contributed by atoms with van der Waals surface area (Å²) in [5, 5.41) is 17.9. The van der Waals surface area contributed by atoms with Gasteiger partial charge in [-0.25, -0.2) is 8.42 Å². The second-order valence-electron chi connectivity index (χ2n) is 8.92. The Hall–Kier alpha value is -2.83. The Morgan fingerprint density at radius 3 is 2.74 bits per heavy atom. The third-order valence-corrected chi connectivity index (χ3v) is 8.65. The topological polar surface area (TPSA) is 131 Å². The summed E-state index contributed by atoms with van der Waals surface area (Å²) in [4.78, 5) is 40.2. The molecule has 0 bridgehead atoms. The molecule has 3 unspecified atom stereocenters. The van der Waals surface area contributed by atoms with E-state index in [1.54, 1.807) is 16.8 Å². The normalized spacial score (nSPS) is 21.6. The molecule has 34 heavy (non-hydrogen) atoms. The summed E-state index contributed by atoms with van der Waals surface area (Å²) >= 11 is 1.37. The van der Waals surface area contributed by atoms with Crippen molar-refractivity contribution in [2.75, 3.05) is 13.1 Å². The smallest absolute Gasteiger partial charge is 0.252 e. The zero-order valence-electron chi connectivity index (χ0n) is 18.8. The van der Waals surface area contributed by atoms with E-state index in [1.807, 2.05) is 13.8 Å². The molecular formula is C22H26N4O6S2. The average Bonchev–Trinajstić information content (AvgIpc) is 3.51. The van der Waals surface area contributed by atoms with Crippen LogP contribution in [0.2, 0.25) is 0 Å². The third kappa shape index (κ3) is 4.57. The molecule has 2 aliphatic rings. The zero-order chi connectivity index (χ0) is 24.6. The highest BCUT2D eigenvalue weighted by Gasteiger charge is 2.54. The summed E-state index contributed by atoms with van der Waals surface area (Å²) in [5.41, 5.74) is 0.457. The van der Waals surface area contributed by atoms with Crippen LogP contribution in [0.25, 0.3) is 0 Å². The van der Waals surface area contributed by atoms with Gasteiger partial charge in [-0.1, -0.05) is 13.8 Å². The summed E-state index contributed by atoms with van der Waals surface area (Å²) in [5.74, 6) is -1.04. The number of nitrogens with zero attached hydrogens (tertiary/aromatic N) is 3. The van der Waals surface area contributed by atoms with Crippen LogP contribution in [-0.4, -0.2) is 66.4 Å². The number of nitrogens with one attached hydrogen (secondary N) is 1. The summed E-state index contributed by atoms with van der Waals surface area (Å²) in [6.07, 6.45) is 2.79. The van der Waals surface area contributed by atoms with Crippen molar-refractivity contribution in [1.29, 1.82) is 0 Å². The van der Waals surface area contributed by atoms with Gasteiger partial charge in [0.2, 0.25) is 15.9 Å². The number of carbonyl (C=O) groups is 3. The predicted molar refractivity (Wildman–Crippen MR) is 123 cm³/mol. The molecule has 0 aromatic carbocycles. The summed E-state index contributed by atoms with van der Waals surface area (Å²) < 4.78 is 27.8. The lowest BCUT2D eigenvalue weighted by Gasteiger charge is -2.29. The number of amides is 2. The molecule has 2 aliphatic heterocycles. The van der Waals surface area contributed by atoms with Gasteiger partial charge in [-0.05, 0) is 36.3 Å². The highest BCUT2D eigenvalue weighted by atomic mass is 32.2. The van der Waals surface area contributed by atoms with E-state index < -0.39 is 34.1 Å². The van der Waals surface area contributed by atoms with Gasteiger partial charge < -0.3 is 15.4 Å². The van der Waals surface area contributed by atoms with Crippen LogP contribution in [-0.2, 0) is 19.6 Å². The summed E-state index contributed by atoms with van der Waals surface area (Å²) in [6.45, 7) is 3.69. The maximum Gasteiger partial charge on any atom is 0.252 e. The molecule has 2 aromatic heterocycles. The molecule has 12 heteroatoms. The van der Waals surface area contributed by atoms with Crippen molar-refractivity contribution in [3.8, 4) is 0 Å². The van der Waals surface area contributed by atoms with Crippen molar-refractivity contribution in [1.82, 2.24) is 14.5 Å². The van der Waals surface area contributed by atoms with Crippen molar-refractivity contribution in [3.05, 3.63) is 52.1 Å². The van der Waals surface area contributed by atoms with Crippen LogP contribution in [0.15, 0.2) is 46.2 Å². The number of likely N-dealkylation sites (tertiary alicyclic amines) is 1. The van der Waals surface area contributed by atoms with Crippen LogP contribution in [0.4, 0.5) is 0 Å². The summed E-state index contributed by atoms with van der Waals surface area (Å²) in [6, 6.07) is 1.83. The van der Waals surface area contributed by atoms with Crippen LogP contribution in [0.3, 0.4) is 0 Å². The lowest BCUT2D eigenvalue weighted by atomic mass is 10.0. The first-order chi connectivity index (χ1) is 16.1. The first kappa shape index (κ1) is 24.3. The van der Waals surface area contributed by atoms with E-state index in [2.05, 4.69) is 5.32 Å². The van der Waals surface area contributed by atoms with Gasteiger partial charge in [0.25, 0.3) is 5.91 Å². The SMILES string of the molecule is CC(C)CC(NC(=O)c1ccsc1)C(=O)N1CCC2C1C(=O)CN2S(=O)(=O)c1ccc[n+]([O-])c1. The van der Waals surface area contributed by atoms with Crippen molar-refractivity contribution in [2.24, 2.45) is 5.92 Å². The number of ketones is 1. The molecule has 2 fully saturated rings. The average molecular weight is 507 g/mol. The minimum atomic E-state index is -4.10. The van der Waals surface area contributed by atoms with Gasteiger partial charge in [0, 0.05) is 18.0 Å². The molecule has 2 saturated heterocycles. The number of sulfonamides is 1. The van der Waals surface area contributed by atoms with Gasteiger partial charge in [-0.15, -0.1) is 0 Å². The molecule has 4 rings (SSSR count). The number of fused-ring (bicyclic) bond motifs is 1. The lowest BCUT2D eigenvalue weighted by molar-refractivity contribution is -0.607. The van der Waals surface area contributed by atoms with Crippen molar-refractivity contribution in [2.45, 2.75) is 49.7 Å². The van der Waals surface area contributed by atoms with E-state index in [1.165, 1.54) is 34.6 Å². The number of hydrogen-bond donors (Lipinski definition) is 1. The zero-order valence-corrected chi connectivity index (χ0v) is 20.4. The fourth-order valence-corrected chi connectivity index (χ4v) is 6.86. The van der Waals surface area contributed by atoms with Crippen LogP contribution in [0, 0.1) is 11.1 Å². The molecule has 4 heterocycles. The Bertz CT molecular complexity index is 1200. The first-order valence-corrected chi connectivity index (χ1v) is 13.3. The molecule has 2 aromatic rings. The van der Waals surface area contributed by atoms with Crippen molar-refractivity contribution < 1.29 is 27.5 Å². The highest BCUT2D eigenvalue weighted by Crippen LogP contribution is 2.34. The van der Waals surface area contributed by atoms with E-state index in [9.17, 15) is 28.0 Å². The quantitative estimate of drug-likeness (QED) is 0.436. The van der Waals surface area contributed by atoms with E-state index in [0.29, 0.717) is 23.1 Å². The second kappa shape index (κ2) is 9.43. The molecular weight excluding hydrogens is 480 g/mol. The second-order valence-corrected chi connectivity index (χ2v) is 11.6. The van der Waals surface area contributed by atoms with Crippen LogP contribution >= 0.6 is 11.3 Å². The number of carbonyl (C=O) groups excluding carboxylic acids is 3. The minimum absolute atomic E-state index is 0.100. The summed E-state index contributed by atoms with van der Waals surface area (Å²) in [7, 11) is -4.10. The van der Waals surface area contributed by atoms with Crippen molar-refractivity contribution >= 4 is 39.0 Å². The maximum absolute atomic E-state index is 13.5. The van der Waals surface area contributed by atoms with E-state index in [0.717, 1.165) is 10.5 Å². The van der Waals surface area contributed by atoms with Gasteiger partial charge in [-0.2, -0.15) is 20.4 Å². The standard InChI is InChI=1S/C22H26N4O6S2/c1-14(2)10-17(23-21(28)15-6-9-33-13-15)22(29)25-8-5-18-20(25)19(27)12-26(18)34(31,32)16-4-3-7-24(30)11-16/h3-4,6-7,9,11,13-14,17-18,20H,5,8,10,12H2,1-2H3,(H,23,28). The number of pyridine rings is 1. The molecule has 0 spiro atoms. The fraction of sp³-hybridized carbons (Fsp3) is 0.455. The Morgan fingerprint density at radius 1 is 1.32 bits per heavy atom. The molecule has 3 atom stereocenters. The number of rotatable bonds is 7. The lowest BCUT2D eigenvalue weighted by Crippen LogP contribution is -2.53. The molecule has 0 radical (unpaired) electrons. The molecule has 0 saturated carbocycles. The molecule has 182 valence electrons. The number of Topliss-reactive ketones (excluding diaryl/α,β-unsaturated/α-hetero) is 1. The highest BCUT2D eigenvalue weighted by molar-refractivity contribution is 7.89. The number of thiophene rings is 1. The van der Waals surface area contributed by atoms with Gasteiger partial charge in [0.15, 0.2) is 18.2 Å². The Labute approximate surface area is 201 Å². The van der Waals surface area contributed by atoms with Gasteiger partial charge in [0.1, 0.15) is 17.0 Å². The van der Waals surface area contributed by atoms with Crippen LogP contribution < -0.4 is 10.0 Å². The van der Waals surface area contributed by atoms with E-state index in [4.69, 9.17) is 0 Å². The van der Waals surface area contributed by atoms with Crippen LogP contribution in [0.5, 0.6) is 0 Å². The van der Waals surface area contributed by atoms with Crippen LogP contribution in [0.1, 0.15) is 37.0 Å². The number of hydrogen-bond acceptors (Lipinski definition) is 7. The fourth-order valence-electron chi connectivity index (χ4n) is 4.59. The predicted octanol–water partition coefficient (Wildman–Crippen LogP) is 0.769. The van der Waals surface area contributed by atoms with Gasteiger partial charge in [-0.3, -0.25) is 14.4 Å². The molecule has 10 nitrogen and oxygen atoms in total. The van der Waals surface area contributed by atoms with Gasteiger partial charge >= 0.3 is 0 Å².